The van der Waals surface area contributed by atoms with E-state index in [1.807, 2.05) is 34.6 Å². The predicted octanol–water partition coefficient (Wildman–Crippen LogP) is 1.51. The largest absolute Gasteiger partial charge is 0.480 e. The van der Waals surface area contributed by atoms with E-state index in [9.17, 15) is 19.5 Å². The first kappa shape index (κ1) is 23.4. The molecule has 0 aromatic rings. The highest BCUT2D eigenvalue weighted by Gasteiger charge is 2.30. The SMILES string of the molecule is CCC(C)C(NC(=O)C(CC(C)C)NC(=O)C(N)CC(C)C)C(=O)O. The summed E-state index contributed by atoms with van der Waals surface area (Å²) in [5.41, 5.74) is 5.88. The molecule has 7 nitrogen and oxygen atoms in total. The van der Waals surface area contributed by atoms with Crippen LogP contribution in [0.25, 0.3) is 0 Å². The fraction of sp³-hybridized carbons (Fsp3) is 0.833. The molecule has 0 aliphatic carbocycles. The smallest absolute Gasteiger partial charge is 0.326 e. The monoisotopic (exact) mass is 357 g/mol. The molecule has 7 heteroatoms. The Morgan fingerprint density at radius 2 is 1.44 bits per heavy atom. The van der Waals surface area contributed by atoms with E-state index in [0.717, 1.165) is 0 Å². The molecule has 2 amide bonds. The lowest BCUT2D eigenvalue weighted by Gasteiger charge is -2.26. The third-order valence-corrected chi connectivity index (χ3v) is 4.18. The normalized spacial score (nSPS) is 16.2. The third-order valence-electron chi connectivity index (χ3n) is 4.18. The number of carbonyl (C=O) groups is 3. The number of hydrogen-bond donors (Lipinski definition) is 4. The molecule has 0 aliphatic heterocycles. The maximum atomic E-state index is 12.6. The van der Waals surface area contributed by atoms with E-state index in [4.69, 9.17) is 5.73 Å². The first-order valence-corrected chi connectivity index (χ1v) is 9.08. The maximum absolute atomic E-state index is 12.6. The highest BCUT2D eigenvalue weighted by molar-refractivity contribution is 5.91. The number of nitrogens with two attached hydrogens (primary N) is 1. The van der Waals surface area contributed by atoms with Gasteiger partial charge in [-0.2, -0.15) is 0 Å². The zero-order chi connectivity index (χ0) is 19.7. The summed E-state index contributed by atoms with van der Waals surface area (Å²) in [6.07, 6.45) is 1.56. The summed E-state index contributed by atoms with van der Waals surface area (Å²) in [5.74, 6) is -1.73. The van der Waals surface area contributed by atoms with Crippen LogP contribution in [0.3, 0.4) is 0 Å². The van der Waals surface area contributed by atoms with Crippen LogP contribution in [-0.4, -0.2) is 41.0 Å². The Balaban J connectivity index is 5.08. The second kappa shape index (κ2) is 11.1. The number of carboxylic acids is 1. The van der Waals surface area contributed by atoms with Crippen LogP contribution in [0.4, 0.5) is 0 Å². The van der Waals surface area contributed by atoms with Gasteiger partial charge in [-0.1, -0.05) is 48.0 Å². The Bertz CT molecular complexity index is 452. The zero-order valence-electron chi connectivity index (χ0n) is 16.3. The van der Waals surface area contributed by atoms with E-state index >= 15 is 0 Å². The average molecular weight is 357 g/mol. The van der Waals surface area contributed by atoms with Crippen molar-refractivity contribution in [1.29, 1.82) is 0 Å². The second-order valence-electron chi connectivity index (χ2n) is 7.64. The van der Waals surface area contributed by atoms with Gasteiger partial charge in [-0.05, 0) is 30.6 Å². The van der Waals surface area contributed by atoms with Gasteiger partial charge in [0.2, 0.25) is 11.8 Å². The first-order valence-electron chi connectivity index (χ1n) is 9.08. The number of carbonyl (C=O) groups excluding carboxylic acids is 2. The molecular formula is C18H35N3O4. The molecule has 0 radical (unpaired) electrons. The van der Waals surface area contributed by atoms with E-state index in [0.29, 0.717) is 19.3 Å². The highest BCUT2D eigenvalue weighted by Crippen LogP contribution is 2.11. The van der Waals surface area contributed by atoms with E-state index in [2.05, 4.69) is 10.6 Å². The summed E-state index contributed by atoms with van der Waals surface area (Å²) >= 11 is 0. The summed E-state index contributed by atoms with van der Waals surface area (Å²) in [7, 11) is 0. The van der Waals surface area contributed by atoms with Crippen molar-refractivity contribution in [2.24, 2.45) is 23.5 Å². The number of nitrogens with one attached hydrogen (secondary N) is 2. The number of aliphatic carboxylic acids is 1. The van der Waals surface area contributed by atoms with Gasteiger partial charge in [-0.3, -0.25) is 9.59 Å². The predicted molar refractivity (Wildman–Crippen MR) is 97.8 cm³/mol. The molecule has 0 fully saturated rings. The van der Waals surface area contributed by atoms with Gasteiger partial charge >= 0.3 is 5.97 Å². The van der Waals surface area contributed by atoms with E-state index < -0.39 is 30.0 Å². The quantitative estimate of drug-likeness (QED) is 0.446. The molecule has 4 unspecified atom stereocenters. The van der Waals surface area contributed by atoms with Crippen LogP contribution in [0.2, 0.25) is 0 Å². The Labute approximate surface area is 151 Å². The number of hydrogen-bond acceptors (Lipinski definition) is 4. The van der Waals surface area contributed by atoms with Crippen LogP contribution < -0.4 is 16.4 Å². The zero-order valence-corrected chi connectivity index (χ0v) is 16.3. The van der Waals surface area contributed by atoms with Gasteiger partial charge in [0.05, 0.1) is 6.04 Å². The van der Waals surface area contributed by atoms with Gasteiger partial charge in [0.25, 0.3) is 0 Å². The average Bonchev–Trinajstić information content (AvgIpc) is 2.49. The van der Waals surface area contributed by atoms with Gasteiger partial charge in [-0.15, -0.1) is 0 Å². The molecular weight excluding hydrogens is 322 g/mol. The van der Waals surface area contributed by atoms with Crippen LogP contribution in [0.1, 0.15) is 60.8 Å². The minimum Gasteiger partial charge on any atom is -0.480 e. The topological polar surface area (TPSA) is 122 Å². The molecule has 5 N–H and O–H groups in total. The van der Waals surface area contributed by atoms with Crippen LogP contribution >= 0.6 is 0 Å². The van der Waals surface area contributed by atoms with Crippen molar-refractivity contribution in [3.63, 3.8) is 0 Å². The lowest BCUT2D eigenvalue weighted by atomic mass is 9.97. The first-order chi connectivity index (χ1) is 11.5. The van der Waals surface area contributed by atoms with Crippen molar-refractivity contribution in [3.05, 3.63) is 0 Å². The minimum atomic E-state index is -1.08. The van der Waals surface area contributed by atoms with Gasteiger partial charge < -0.3 is 21.5 Å². The van der Waals surface area contributed by atoms with Crippen molar-refractivity contribution in [3.8, 4) is 0 Å². The molecule has 0 aromatic carbocycles. The van der Waals surface area contributed by atoms with Gasteiger partial charge in [0, 0.05) is 0 Å². The number of rotatable bonds is 11. The van der Waals surface area contributed by atoms with Crippen molar-refractivity contribution >= 4 is 17.8 Å². The van der Waals surface area contributed by atoms with Gasteiger partial charge in [-0.25, -0.2) is 4.79 Å². The van der Waals surface area contributed by atoms with Crippen molar-refractivity contribution < 1.29 is 19.5 Å². The molecule has 0 spiro atoms. The van der Waals surface area contributed by atoms with E-state index in [1.165, 1.54) is 0 Å². The molecule has 25 heavy (non-hydrogen) atoms. The summed E-state index contributed by atoms with van der Waals surface area (Å²) in [5, 5.41) is 14.6. The van der Waals surface area contributed by atoms with Crippen molar-refractivity contribution in [2.75, 3.05) is 0 Å². The molecule has 0 bridgehead atoms. The summed E-state index contributed by atoms with van der Waals surface area (Å²) in [6, 6.07) is -2.46. The third kappa shape index (κ3) is 8.86. The standard InChI is InChI=1S/C18H35N3O4/c1-7-12(6)15(18(24)25)21-17(23)14(9-11(4)5)20-16(22)13(19)8-10(2)3/h10-15H,7-9,19H2,1-6H3,(H,20,22)(H,21,23)(H,24,25). The summed E-state index contributed by atoms with van der Waals surface area (Å²) in [6.45, 7) is 11.4. The summed E-state index contributed by atoms with van der Waals surface area (Å²) in [4.78, 5) is 36.2. The van der Waals surface area contributed by atoms with Crippen LogP contribution in [-0.2, 0) is 14.4 Å². The lowest BCUT2D eigenvalue weighted by molar-refractivity contribution is -0.143. The van der Waals surface area contributed by atoms with Crippen LogP contribution in [0, 0.1) is 17.8 Å². The van der Waals surface area contributed by atoms with Crippen LogP contribution in [0.15, 0.2) is 0 Å². The molecule has 0 rings (SSSR count). The second-order valence-corrected chi connectivity index (χ2v) is 7.64. The van der Waals surface area contributed by atoms with Crippen LogP contribution in [0.5, 0.6) is 0 Å². The molecule has 0 aliphatic rings. The Kier molecular flexibility index (Phi) is 10.4. The minimum absolute atomic E-state index is 0.157. The maximum Gasteiger partial charge on any atom is 0.326 e. The Morgan fingerprint density at radius 3 is 1.84 bits per heavy atom. The van der Waals surface area contributed by atoms with E-state index in [-0.39, 0.29) is 23.7 Å². The molecule has 0 aromatic heterocycles. The molecule has 4 atom stereocenters. The fourth-order valence-electron chi connectivity index (χ4n) is 2.53. The molecule has 0 saturated carbocycles. The lowest BCUT2D eigenvalue weighted by Crippen LogP contribution is -2.56. The van der Waals surface area contributed by atoms with Crippen molar-refractivity contribution in [1.82, 2.24) is 10.6 Å². The number of carboxylic acid groups (broad SMARTS) is 1. The van der Waals surface area contributed by atoms with E-state index in [1.54, 1.807) is 6.92 Å². The number of amides is 2. The fourth-order valence-corrected chi connectivity index (χ4v) is 2.53. The van der Waals surface area contributed by atoms with Crippen molar-refractivity contribution in [2.45, 2.75) is 78.9 Å². The molecule has 0 saturated heterocycles. The highest BCUT2D eigenvalue weighted by atomic mass is 16.4. The summed E-state index contributed by atoms with van der Waals surface area (Å²) < 4.78 is 0. The van der Waals surface area contributed by atoms with Gasteiger partial charge in [0.1, 0.15) is 12.1 Å². The van der Waals surface area contributed by atoms with Gasteiger partial charge in [0.15, 0.2) is 0 Å². The molecule has 146 valence electrons. The Hall–Kier alpha value is -1.63. The molecule has 0 heterocycles. The Morgan fingerprint density at radius 1 is 0.920 bits per heavy atom.